The standard InChI is InChI=1S/C22H19F3N2O3/c1-15(20-12-11-19(13-26-20)29-14-22(23,24)25)27-21(28)16-7-9-18(10-8-16)30-17-5-3-2-4-6-17/h2-13,15H,14H2,1H3,(H,27,28). The molecule has 1 N–H and O–H groups in total. The maximum Gasteiger partial charge on any atom is 0.422 e. The van der Waals surface area contributed by atoms with Gasteiger partial charge in [0.05, 0.1) is 17.9 Å². The van der Waals surface area contributed by atoms with E-state index < -0.39 is 18.8 Å². The van der Waals surface area contributed by atoms with Crippen LogP contribution in [0.5, 0.6) is 17.2 Å². The van der Waals surface area contributed by atoms with Crippen molar-refractivity contribution in [2.24, 2.45) is 0 Å². The minimum absolute atomic E-state index is 0.00334. The van der Waals surface area contributed by atoms with Crippen molar-refractivity contribution in [2.75, 3.05) is 6.61 Å². The first-order valence-electron chi connectivity index (χ1n) is 9.09. The van der Waals surface area contributed by atoms with Crippen LogP contribution < -0.4 is 14.8 Å². The molecule has 2 aromatic carbocycles. The molecule has 0 radical (unpaired) electrons. The largest absolute Gasteiger partial charge is 0.483 e. The van der Waals surface area contributed by atoms with Crippen molar-refractivity contribution < 1.29 is 27.4 Å². The lowest BCUT2D eigenvalue weighted by molar-refractivity contribution is -0.153. The highest BCUT2D eigenvalue weighted by Gasteiger charge is 2.28. The number of nitrogens with one attached hydrogen (secondary N) is 1. The van der Waals surface area contributed by atoms with E-state index in [9.17, 15) is 18.0 Å². The summed E-state index contributed by atoms with van der Waals surface area (Å²) in [6.45, 7) is 0.341. The monoisotopic (exact) mass is 416 g/mol. The van der Waals surface area contributed by atoms with Gasteiger partial charge in [0.25, 0.3) is 5.91 Å². The Morgan fingerprint density at radius 3 is 2.20 bits per heavy atom. The Morgan fingerprint density at radius 2 is 1.60 bits per heavy atom. The summed E-state index contributed by atoms with van der Waals surface area (Å²) in [7, 11) is 0. The van der Waals surface area contributed by atoms with Crippen LogP contribution in [0.3, 0.4) is 0 Å². The maximum absolute atomic E-state index is 12.4. The van der Waals surface area contributed by atoms with Crippen molar-refractivity contribution in [3.05, 3.63) is 84.2 Å². The third-order valence-corrected chi connectivity index (χ3v) is 4.05. The highest BCUT2D eigenvalue weighted by atomic mass is 19.4. The summed E-state index contributed by atoms with van der Waals surface area (Å²) in [6, 6.07) is 18.4. The summed E-state index contributed by atoms with van der Waals surface area (Å²) in [6.07, 6.45) is -3.22. The lowest BCUT2D eigenvalue weighted by Crippen LogP contribution is -2.27. The molecule has 1 atom stereocenters. The average molecular weight is 416 g/mol. The molecule has 5 nitrogen and oxygen atoms in total. The zero-order chi connectivity index (χ0) is 21.6. The van der Waals surface area contributed by atoms with E-state index in [1.54, 1.807) is 31.2 Å². The zero-order valence-corrected chi connectivity index (χ0v) is 16.0. The molecule has 0 saturated carbocycles. The number of pyridine rings is 1. The Kier molecular flexibility index (Phi) is 6.56. The molecule has 0 aliphatic carbocycles. The number of carbonyl (C=O) groups is 1. The van der Waals surface area contributed by atoms with Gasteiger partial charge in [-0.15, -0.1) is 0 Å². The van der Waals surface area contributed by atoms with E-state index in [2.05, 4.69) is 15.0 Å². The van der Waals surface area contributed by atoms with E-state index in [-0.39, 0.29) is 11.7 Å². The molecule has 156 valence electrons. The first-order valence-corrected chi connectivity index (χ1v) is 9.09. The number of rotatable bonds is 7. The first kappa shape index (κ1) is 21.2. The predicted octanol–water partition coefficient (Wildman–Crippen LogP) is 5.31. The summed E-state index contributed by atoms with van der Waals surface area (Å²) in [4.78, 5) is 16.5. The van der Waals surface area contributed by atoms with Gasteiger partial charge in [0.15, 0.2) is 6.61 Å². The molecule has 0 fully saturated rings. The highest BCUT2D eigenvalue weighted by molar-refractivity contribution is 5.94. The number of amides is 1. The second-order valence-electron chi connectivity index (χ2n) is 6.46. The van der Waals surface area contributed by atoms with Gasteiger partial charge in [0.1, 0.15) is 17.2 Å². The normalized spacial score (nSPS) is 12.1. The lowest BCUT2D eigenvalue weighted by atomic mass is 10.1. The van der Waals surface area contributed by atoms with Gasteiger partial charge in [-0.05, 0) is 55.5 Å². The van der Waals surface area contributed by atoms with E-state index in [1.165, 1.54) is 18.3 Å². The average Bonchev–Trinajstić information content (AvgIpc) is 2.73. The van der Waals surface area contributed by atoms with Crippen molar-refractivity contribution in [1.82, 2.24) is 10.3 Å². The van der Waals surface area contributed by atoms with Crippen LogP contribution in [0.1, 0.15) is 29.0 Å². The Balaban J connectivity index is 1.56. The first-order chi connectivity index (χ1) is 14.3. The Hall–Kier alpha value is -3.55. The number of nitrogens with zero attached hydrogens (tertiary/aromatic N) is 1. The van der Waals surface area contributed by atoms with Crippen LogP contribution in [0.25, 0.3) is 0 Å². The number of alkyl halides is 3. The number of benzene rings is 2. The molecule has 1 amide bonds. The summed E-state index contributed by atoms with van der Waals surface area (Å²) < 4.78 is 46.9. The van der Waals surface area contributed by atoms with Crippen LogP contribution in [-0.2, 0) is 0 Å². The fraction of sp³-hybridized carbons (Fsp3) is 0.182. The van der Waals surface area contributed by atoms with E-state index in [4.69, 9.17) is 4.74 Å². The van der Waals surface area contributed by atoms with Gasteiger partial charge in [0, 0.05) is 5.56 Å². The Morgan fingerprint density at radius 1 is 0.967 bits per heavy atom. The summed E-state index contributed by atoms with van der Waals surface area (Å²) in [5, 5.41) is 2.79. The molecular weight excluding hydrogens is 397 g/mol. The molecule has 1 unspecified atom stereocenters. The summed E-state index contributed by atoms with van der Waals surface area (Å²) >= 11 is 0. The van der Waals surface area contributed by atoms with Crippen LogP contribution in [0.2, 0.25) is 0 Å². The number of ether oxygens (including phenoxy) is 2. The number of aromatic nitrogens is 1. The minimum Gasteiger partial charge on any atom is -0.483 e. The molecular formula is C22H19F3N2O3. The van der Waals surface area contributed by atoms with Gasteiger partial charge in [-0.2, -0.15) is 13.2 Å². The van der Waals surface area contributed by atoms with E-state index in [0.29, 0.717) is 22.8 Å². The Bertz CT molecular complexity index is 960. The van der Waals surface area contributed by atoms with Crippen molar-refractivity contribution in [2.45, 2.75) is 19.1 Å². The van der Waals surface area contributed by atoms with Crippen LogP contribution in [-0.4, -0.2) is 23.7 Å². The lowest BCUT2D eigenvalue weighted by Gasteiger charge is -2.15. The van der Waals surface area contributed by atoms with Crippen molar-refractivity contribution in [1.29, 1.82) is 0 Å². The molecule has 0 aliphatic rings. The fourth-order valence-electron chi connectivity index (χ4n) is 2.55. The quantitative estimate of drug-likeness (QED) is 0.567. The van der Waals surface area contributed by atoms with E-state index >= 15 is 0 Å². The number of hydrogen-bond donors (Lipinski definition) is 1. The van der Waals surface area contributed by atoms with Crippen LogP contribution in [0.4, 0.5) is 13.2 Å². The second-order valence-corrected chi connectivity index (χ2v) is 6.46. The van der Waals surface area contributed by atoms with Crippen LogP contribution in [0, 0.1) is 0 Å². The second kappa shape index (κ2) is 9.30. The van der Waals surface area contributed by atoms with Crippen molar-refractivity contribution >= 4 is 5.91 Å². The summed E-state index contributed by atoms with van der Waals surface area (Å²) in [5.41, 5.74) is 0.930. The molecule has 30 heavy (non-hydrogen) atoms. The molecule has 0 saturated heterocycles. The molecule has 0 spiro atoms. The van der Waals surface area contributed by atoms with Gasteiger partial charge in [-0.1, -0.05) is 18.2 Å². The molecule has 8 heteroatoms. The van der Waals surface area contributed by atoms with Gasteiger partial charge in [-0.25, -0.2) is 0 Å². The number of para-hydroxylation sites is 1. The topological polar surface area (TPSA) is 60.5 Å². The third-order valence-electron chi connectivity index (χ3n) is 4.05. The molecule has 1 aromatic heterocycles. The third kappa shape index (κ3) is 6.23. The van der Waals surface area contributed by atoms with Crippen molar-refractivity contribution in [3.63, 3.8) is 0 Å². The van der Waals surface area contributed by atoms with E-state index in [1.807, 2.05) is 30.3 Å². The van der Waals surface area contributed by atoms with Crippen molar-refractivity contribution in [3.8, 4) is 17.2 Å². The Labute approximate surface area is 171 Å². The van der Waals surface area contributed by atoms with Gasteiger partial charge < -0.3 is 14.8 Å². The molecule has 1 heterocycles. The van der Waals surface area contributed by atoms with Crippen LogP contribution in [0.15, 0.2) is 72.9 Å². The molecule has 0 aliphatic heterocycles. The zero-order valence-electron chi connectivity index (χ0n) is 16.0. The molecule has 3 rings (SSSR count). The smallest absolute Gasteiger partial charge is 0.422 e. The van der Waals surface area contributed by atoms with Gasteiger partial charge >= 0.3 is 6.18 Å². The number of carbonyl (C=O) groups excluding carboxylic acids is 1. The fourth-order valence-corrected chi connectivity index (χ4v) is 2.55. The molecule has 3 aromatic rings. The number of halogens is 3. The van der Waals surface area contributed by atoms with Crippen LogP contribution >= 0.6 is 0 Å². The maximum atomic E-state index is 12.4. The van der Waals surface area contributed by atoms with E-state index in [0.717, 1.165) is 0 Å². The highest BCUT2D eigenvalue weighted by Crippen LogP contribution is 2.22. The van der Waals surface area contributed by atoms with Gasteiger partial charge in [-0.3, -0.25) is 9.78 Å². The predicted molar refractivity (Wildman–Crippen MR) is 105 cm³/mol. The summed E-state index contributed by atoms with van der Waals surface area (Å²) in [5.74, 6) is 0.982. The molecule has 0 bridgehead atoms. The van der Waals surface area contributed by atoms with Gasteiger partial charge in [0.2, 0.25) is 0 Å². The SMILES string of the molecule is CC(NC(=O)c1ccc(Oc2ccccc2)cc1)c1ccc(OCC(F)(F)F)cn1. The minimum atomic E-state index is -4.42. The number of hydrogen-bond acceptors (Lipinski definition) is 4.